The van der Waals surface area contributed by atoms with Gasteiger partial charge in [-0.05, 0) is 25.2 Å². The highest BCUT2D eigenvalue weighted by atomic mass is 16.5. The van der Waals surface area contributed by atoms with E-state index in [9.17, 15) is 4.79 Å². The van der Waals surface area contributed by atoms with E-state index in [0.717, 1.165) is 19.5 Å². The molecule has 1 atom stereocenters. The summed E-state index contributed by atoms with van der Waals surface area (Å²) < 4.78 is 5.14. The number of carbonyl (C=O) groups excluding carboxylic acids is 1. The van der Waals surface area contributed by atoms with Crippen LogP contribution in [0.2, 0.25) is 0 Å². The number of nitrogens with one attached hydrogen (secondary N) is 1. The first kappa shape index (κ1) is 13.8. The van der Waals surface area contributed by atoms with E-state index in [-0.39, 0.29) is 5.91 Å². The molecule has 6 heteroatoms. The average Bonchev–Trinajstić information content (AvgIpc) is 2.88. The van der Waals surface area contributed by atoms with Crippen LogP contribution in [0.25, 0.3) is 0 Å². The summed E-state index contributed by atoms with van der Waals surface area (Å²) in [7, 11) is 0. The molecule has 1 N–H and O–H groups in total. The van der Waals surface area contributed by atoms with Crippen molar-refractivity contribution in [2.24, 2.45) is 5.92 Å². The topological polar surface area (TPSA) is 62.3 Å². The van der Waals surface area contributed by atoms with Gasteiger partial charge in [-0.3, -0.25) is 14.6 Å². The minimum atomic E-state index is -0.0173. The average molecular weight is 267 g/mol. The Hall–Kier alpha value is -1.59. The minimum absolute atomic E-state index is 0.0173. The number of piperidine rings is 1. The summed E-state index contributed by atoms with van der Waals surface area (Å²) in [6.45, 7) is 6.11. The summed E-state index contributed by atoms with van der Waals surface area (Å²) in [6.07, 6.45) is 6.87. The zero-order valence-electron chi connectivity index (χ0n) is 11.8. The second kappa shape index (κ2) is 6.54. The zero-order valence-corrected chi connectivity index (χ0v) is 11.8. The summed E-state index contributed by atoms with van der Waals surface area (Å²) in [6, 6.07) is 0. The van der Waals surface area contributed by atoms with Crippen LogP contribution in [0.1, 0.15) is 46.0 Å². The SMILES string of the molecule is CCC(C)CC(=O)Nc1c[n+](N2CCCCC2)no1. The van der Waals surface area contributed by atoms with Gasteiger partial charge in [0, 0.05) is 6.42 Å². The summed E-state index contributed by atoms with van der Waals surface area (Å²) >= 11 is 0. The van der Waals surface area contributed by atoms with E-state index in [1.165, 1.54) is 19.3 Å². The number of rotatable bonds is 5. The third kappa shape index (κ3) is 3.94. The van der Waals surface area contributed by atoms with E-state index in [2.05, 4.69) is 29.4 Å². The number of carbonyl (C=O) groups is 1. The first-order valence-corrected chi connectivity index (χ1v) is 7.12. The third-order valence-corrected chi connectivity index (χ3v) is 3.57. The van der Waals surface area contributed by atoms with Crippen LogP contribution in [0.4, 0.5) is 5.88 Å². The van der Waals surface area contributed by atoms with Crippen molar-refractivity contribution in [1.82, 2.24) is 5.27 Å². The van der Waals surface area contributed by atoms with Crippen molar-refractivity contribution in [3.63, 3.8) is 0 Å². The van der Waals surface area contributed by atoms with Crippen molar-refractivity contribution in [1.29, 1.82) is 0 Å². The van der Waals surface area contributed by atoms with Gasteiger partial charge in [0.25, 0.3) is 6.20 Å². The Morgan fingerprint density at radius 1 is 1.53 bits per heavy atom. The Labute approximate surface area is 113 Å². The third-order valence-electron chi connectivity index (χ3n) is 3.57. The molecule has 6 nitrogen and oxygen atoms in total. The van der Waals surface area contributed by atoms with Crippen molar-refractivity contribution in [3.8, 4) is 0 Å². The van der Waals surface area contributed by atoms with Gasteiger partial charge in [0.2, 0.25) is 11.2 Å². The molecule has 2 rings (SSSR count). The second-order valence-electron chi connectivity index (χ2n) is 5.27. The summed E-state index contributed by atoms with van der Waals surface area (Å²) in [4.78, 5) is 13.4. The minimum Gasteiger partial charge on any atom is -0.289 e. The number of hydrogen-bond acceptors (Lipinski definition) is 4. The van der Waals surface area contributed by atoms with Crippen LogP contribution in [0.5, 0.6) is 0 Å². The van der Waals surface area contributed by atoms with Gasteiger partial charge in [-0.2, -0.15) is 5.01 Å². The smallest absolute Gasteiger partial charge is 0.289 e. The van der Waals surface area contributed by atoms with Crippen molar-refractivity contribution in [2.45, 2.75) is 46.0 Å². The highest BCUT2D eigenvalue weighted by Crippen LogP contribution is 2.10. The summed E-state index contributed by atoms with van der Waals surface area (Å²) in [5, 5.41) is 8.82. The number of anilines is 1. The fourth-order valence-electron chi connectivity index (χ4n) is 2.16. The molecule has 1 saturated heterocycles. The molecule has 1 amide bonds. The summed E-state index contributed by atoms with van der Waals surface area (Å²) in [5.41, 5.74) is 0. The number of aromatic nitrogens is 2. The van der Waals surface area contributed by atoms with Gasteiger partial charge in [0.05, 0.1) is 17.9 Å². The van der Waals surface area contributed by atoms with Gasteiger partial charge in [0.15, 0.2) is 0 Å². The highest BCUT2D eigenvalue weighted by Gasteiger charge is 2.23. The lowest BCUT2D eigenvalue weighted by atomic mass is 10.1. The first-order valence-electron chi connectivity index (χ1n) is 7.12. The quantitative estimate of drug-likeness (QED) is 0.820. The van der Waals surface area contributed by atoms with Gasteiger partial charge in [0.1, 0.15) is 0 Å². The van der Waals surface area contributed by atoms with Crippen LogP contribution in [-0.2, 0) is 4.79 Å². The largest absolute Gasteiger partial charge is 0.305 e. The van der Waals surface area contributed by atoms with Crippen molar-refractivity contribution >= 4 is 11.8 Å². The predicted octanol–water partition coefficient (Wildman–Crippen LogP) is 1.46. The maximum Gasteiger partial charge on any atom is 0.305 e. The van der Waals surface area contributed by atoms with Gasteiger partial charge in [-0.1, -0.05) is 20.3 Å². The molecular formula is C13H23N4O2+. The van der Waals surface area contributed by atoms with Gasteiger partial charge >= 0.3 is 5.88 Å². The molecule has 1 fully saturated rings. The molecule has 0 aromatic carbocycles. The molecule has 0 saturated carbocycles. The molecule has 0 radical (unpaired) electrons. The Balaban J connectivity index is 1.88. The number of hydrogen-bond donors (Lipinski definition) is 1. The monoisotopic (exact) mass is 267 g/mol. The van der Waals surface area contributed by atoms with Gasteiger partial charge in [-0.15, -0.1) is 0 Å². The molecule has 1 aromatic rings. The normalized spacial score (nSPS) is 17.3. The Morgan fingerprint density at radius 2 is 2.26 bits per heavy atom. The number of nitrogens with zero attached hydrogens (tertiary/aromatic N) is 3. The van der Waals surface area contributed by atoms with Crippen LogP contribution in [0, 0.1) is 5.92 Å². The maximum absolute atomic E-state index is 11.7. The molecule has 106 valence electrons. The molecule has 0 spiro atoms. The lowest BCUT2D eigenvalue weighted by molar-refractivity contribution is -0.759. The Morgan fingerprint density at radius 3 is 2.95 bits per heavy atom. The maximum atomic E-state index is 11.7. The first-order chi connectivity index (χ1) is 9.19. The molecule has 0 bridgehead atoms. The Bertz CT molecular complexity index is 413. The standard InChI is InChI=1S/C13H22N4O2/c1-3-11(2)9-12(18)14-13-10-17(15-19-13)16-7-5-4-6-8-16/h10-11H,3-9H2,1-2H3/p+1. The van der Waals surface area contributed by atoms with Gasteiger partial charge in [-0.25, -0.2) is 0 Å². The fourth-order valence-corrected chi connectivity index (χ4v) is 2.16. The van der Waals surface area contributed by atoms with Crippen LogP contribution in [0.3, 0.4) is 0 Å². The van der Waals surface area contributed by atoms with Crippen LogP contribution in [0.15, 0.2) is 10.7 Å². The molecular weight excluding hydrogens is 244 g/mol. The van der Waals surface area contributed by atoms with Crippen LogP contribution in [-0.4, -0.2) is 24.3 Å². The highest BCUT2D eigenvalue weighted by molar-refractivity contribution is 5.89. The van der Waals surface area contributed by atoms with Crippen LogP contribution >= 0.6 is 0 Å². The second-order valence-corrected chi connectivity index (χ2v) is 5.27. The molecule has 1 aliphatic heterocycles. The number of amides is 1. The molecule has 19 heavy (non-hydrogen) atoms. The van der Waals surface area contributed by atoms with Crippen molar-refractivity contribution < 1.29 is 14.1 Å². The van der Waals surface area contributed by atoms with Gasteiger partial charge < -0.3 is 0 Å². The lowest BCUT2D eigenvalue weighted by Gasteiger charge is -2.17. The van der Waals surface area contributed by atoms with E-state index >= 15 is 0 Å². The predicted molar refractivity (Wildman–Crippen MR) is 71.2 cm³/mol. The molecule has 1 unspecified atom stereocenters. The lowest BCUT2D eigenvalue weighted by Crippen LogP contribution is -2.60. The molecule has 1 aliphatic rings. The van der Waals surface area contributed by atoms with E-state index in [4.69, 9.17) is 4.52 Å². The fraction of sp³-hybridized carbons (Fsp3) is 0.769. The van der Waals surface area contributed by atoms with Crippen LogP contribution < -0.4 is 15.1 Å². The van der Waals surface area contributed by atoms with E-state index in [1.54, 1.807) is 11.0 Å². The van der Waals surface area contributed by atoms with E-state index < -0.39 is 0 Å². The van der Waals surface area contributed by atoms with E-state index in [0.29, 0.717) is 18.2 Å². The molecule has 1 aromatic heterocycles. The molecule has 0 aliphatic carbocycles. The van der Waals surface area contributed by atoms with E-state index in [1.807, 2.05) is 0 Å². The summed E-state index contributed by atoms with van der Waals surface area (Å²) in [5.74, 6) is 0.785. The zero-order chi connectivity index (χ0) is 13.7. The van der Waals surface area contributed by atoms with Crippen molar-refractivity contribution in [3.05, 3.63) is 6.20 Å². The molecule has 2 heterocycles. The van der Waals surface area contributed by atoms with Crippen molar-refractivity contribution in [2.75, 3.05) is 23.4 Å². The Kier molecular flexibility index (Phi) is 4.76.